The molecule has 0 fully saturated rings. The minimum atomic E-state index is -1.04. The minimum Gasteiger partial charge on any atom is -0.449 e. The molecule has 3 aromatic heterocycles. The summed E-state index contributed by atoms with van der Waals surface area (Å²) in [5.41, 5.74) is 2.33. The van der Waals surface area contributed by atoms with E-state index >= 15 is 0 Å². The van der Waals surface area contributed by atoms with Gasteiger partial charge in [0.1, 0.15) is 5.82 Å². The number of nitrogens with one attached hydrogen (secondary N) is 1. The Morgan fingerprint density at radius 2 is 1.88 bits per heavy atom. The summed E-state index contributed by atoms with van der Waals surface area (Å²) in [5, 5.41) is 11.3. The zero-order chi connectivity index (χ0) is 22.8. The maximum absolute atomic E-state index is 13.1. The van der Waals surface area contributed by atoms with Crippen LogP contribution in [0.5, 0.6) is 0 Å². The molecular weight excluding hydrogens is 410 g/mol. The average Bonchev–Trinajstić information content (AvgIpc) is 3.40. The molecule has 1 N–H and O–H groups in total. The first-order valence-corrected chi connectivity index (χ1v) is 10.2. The lowest BCUT2D eigenvalue weighted by atomic mass is 10.1. The molecular formula is C23H23N5O4. The third kappa shape index (κ3) is 4.09. The summed E-state index contributed by atoms with van der Waals surface area (Å²) in [6.45, 7) is 7.13. The van der Waals surface area contributed by atoms with Gasteiger partial charge in [0.25, 0.3) is 11.6 Å². The number of carbonyl (C=O) groups is 2. The molecule has 1 unspecified atom stereocenters. The quantitative estimate of drug-likeness (QED) is 0.454. The Kier molecular flexibility index (Phi) is 5.72. The van der Waals surface area contributed by atoms with Crippen LogP contribution in [0.25, 0.3) is 22.4 Å². The highest BCUT2D eigenvalue weighted by molar-refractivity contribution is 6.05. The van der Waals surface area contributed by atoms with Gasteiger partial charge in [-0.1, -0.05) is 35.5 Å². The van der Waals surface area contributed by atoms with Crippen LogP contribution in [0.3, 0.4) is 0 Å². The van der Waals surface area contributed by atoms with Gasteiger partial charge in [0.15, 0.2) is 6.10 Å². The number of benzene rings is 1. The predicted molar refractivity (Wildman–Crippen MR) is 118 cm³/mol. The average molecular weight is 433 g/mol. The zero-order valence-electron chi connectivity index (χ0n) is 18.2. The van der Waals surface area contributed by atoms with Gasteiger partial charge >= 0.3 is 5.97 Å². The molecule has 1 atom stereocenters. The number of hydrogen-bond acceptors (Lipinski definition) is 7. The first-order valence-electron chi connectivity index (χ1n) is 10.2. The van der Waals surface area contributed by atoms with E-state index in [-0.39, 0.29) is 17.3 Å². The Balaban J connectivity index is 1.60. The van der Waals surface area contributed by atoms with E-state index in [0.29, 0.717) is 22.6 Å². The van der Waals surface area contributed by atoms with E-state index < -0.39 is 18.0 Å². The lowest BCUT2D eigenvalue weighted by Crippen LogP contribution is -2.31. The van der Waals surface area contributed by atoms with Crippen LogP contribution < -0.4 is 5.32 Å². The van der Waals surface area contributed by atoms with E-state index in [0.717, 1.165) is 5.56 Å². The molecule has 0 saturated heterocycles. The van der Waals surface area contributed by atoms with Crippen molar-refractivity contribution in [2.45, 2.75) is 39.8 Å². The smallest absolute Gasteiger partial charge is 0.339 e. The number of fused-ring (bicyclic) bond motifs is 1. The van der Waals surface area contributed by atoms with Crippen LogP contribution in [0.2, 0.25) is 0 Å². The van der Waals surface area contributed by atoms with Gasteiger partial charge in [0, 0.05) is 17.7 Å². The van der Waals surface area contributed by atoms with Crippen molar-refractivity contribution < 1.29 is 18.8 Å². The maximum atomic E-state index is 13.1. The SMILES string of the molecule is Cc1noc2nc(-c3ccccc3)cc(C(=O)OC(C)C(=O)Nc3ccnn3C(C)C)c12. The molecule has 1 amide bonds. The third-order valence-electron chi connectivity index (χ3n) is 4.97. The molecule has 0 spiro atoms. The number of aromatic nitrogens is 4. The van der Waals surface area contributed by atoms with Gasteiger partial charge < -0.3 is 14.6 Å². The molecule has 0 radical (unpaired) electrons. The van der Waals surface area contributed by atoms with Crippen LogP contribution in [0.15, 0.2) is 53.2 Å². The number of hydrogen-bond donors (Lipinski definition) is 1. The van der Waals surface area contributed by atoms with Gasteiger partial charge in [-0.15, -0.1) is 0 Å². The summed E-state index contributed by atoms with van der Waals surface area (Å²) in [6.07, 6.45) is 0.557. The molecule has 32 heavy (non-hydrogen) atoms. The molecule has 0 aliphatic rings. The highest BCUT2D eigenvalue weighted by Crippen LogP contribution is 2.27. The van der Waals surface area contributed by atoms with Crippen molar-refractivity contribution in [3.8, 4) is 11.3 Å². The minimum absolute atomic E-state index is 0.0660. The Morgan fingerprint density at radius 1 is 1.12 bits per heavy atom. The number of ether oxygens (including phenoxy) is 1. The van der Waals surface area contributed by atoms with Crippen LogP contribution in [0.1, 0.15) is 42.9 Å². The van der Waals surface area contributed by atoms with Gasteiger partial charge in [-0.3, -0.25) is 4.79 Å². The molecule has 164 valence electrons. The van der Waals surface area contributed by atoms with E-state index in [1.54, 1.807) is 29.9 Å². The number of nitrogens with zero attached hydrogens (tertiary/aromatic N) is 4. The topological polar surface area (TPSA) is 112 Å². The fourth-order valence-electron chi connectivity index (χ4n) is 3.34. The molecule has 3 heterocycles. The number of pyridine rings is 1. The van der Waals surface area contributed by atoms with Crippen molar-refractivity contribution in [1.29, 1.82) is 0 Å². The van der Waals surface area contributed by atoms with Crippen molar-refractivity contribution >= 4 is 28.8 Å². The highest BCUT2D eigenvalue weighted by atomic mass is 16.5. The van der Waals surface area contributed by atoms with Gasteiger partial charge in [0.2, 0.25) is 0 Å². The molecule has 0 aliphatic heterocycles. The first-order chi connectivity index (χ1) is 15.3. The molecule has 9 heteroatoms. The monoisotopic (exact) mass is 433 g/mol. The standard InChI is InChI=1S/C23H23N5O4/c1-13(2)28-19(10-11-24-28)26-21(29)15(4)31-23(30)17-12-18(16-8-6-5-7-9-16)25-22-20(17)14(3)27-32-22/h5-13,15H,1-4H3,(H,26,29). The molecule has 0 saturated carbocycles. The van der Waals surface area contributed by atoms with Gasteiger partial charge in [-0.2, -0.15) is 5.10 Å². The highest BCUT2D eigenvalue weighted by Gasteiger charge is 2.25. The van der Waals surface area contributed by atoms with Gasteiger partial charge in [-0.05, 0) is 33.8 Å². The normalized spacial score (nSPS) is 12.2. The number of carbonyl (C=O) groups excluding carboxylic acids is 2. The third-order valence-corrected chi connectivity index (χ3v) is 4.97. The number of anilines is 1. The van der Waals surface area contributed by atoms with Crippen molar-refractivity contribution in [3.63, 3.8) is 0 Å². The molecule has 0 bridgehead atoms. The van der Waals surface area contributed by atoms with Crippen LogP contribution >= 0.6 is 0 Å². The van der Waals surface area contributed by atoms with Crippen molar-refractivity contribution in [1.82, 2.24) is 19.9 Å². The first kappa shape index (κ1) is 21.2. The fourth-order valence-corrected chi connectivity index (χ4v) is 3.34. The second kappa shape index (κ2) is 8.62. The lowest BCUT2D eigenvalue weighted by molar-refractivity contribution is -0.123. The van der Waals surface area contributed by atoms with Crippen molar-refractivity contribution in [3.05, 3.63) is 59.9 Å². The van der Waals surface area contributed by atoms with Crippen LogP contribution in [0, 0.1) is 6.92 Å². The second-order valence-electron chi connectivity index (χ2n) is 7.66. The summed E-state index contributed by atoms with van der Waals surface area (Å²) < 4.78 is 12.5. The summed E-state index contributed by atoms with van der Waals surface area (Å²) in [6, 6.07) is 12.8. The largest absolute Gasteiger partial charge is 0.449 e. The maximum Gasteiger partial charge on any atom is 0.339 e. The van der Waals surface area contributed by atoms with Crippen LogP contribution in [-0.4, -0.2) is 37.9 Å². The Hall–Kier alpha value is -4.01. The molecule has 4 rings (SSSR count). The number of esters is 1. The summed E-state index contributed by atoms with van der Waals surface area (Å²) in [7, 11) is 0. The number of aryl methyl sites for hydroxylation is 1. The second-order valence-corrected chi connectivity index (χ2v) is 7.66. The van der Waals surface area contributed by atoms with Gasteiger partial charge in [-0.25, -0.2) is 14.5 Å². The molecule has 4 aromatic rings. The number of amides is 1. The Morgan fingerprint density at radius 3 is 2.59 bits per heavy atom. The summed E-state index contributed by atoms with van der Waals surface area (Å²) in [5.74, 6) is -0.599. The van der Waals surface area contributed by atoms with E-state index in [2.05, 4.69) is 20.6 Å². The van der Waals surface area contributed by atoms with Gasteiger partial charge in [0.05, 0.1) is 28.5 Å². The van der Waals surface area contributed by atoms with E-state index in [4.69, 9.17) is 9.26 Å². The fraction of sp³-hybridized carbons (Fsp3) is 0.261. The Bertz CT molecular complexity index is 1280. The van der Waals surface area contributed by atoms with Crippen molar-refractivity contribution in [2.75, 3.05) is 5.32 Å². The van der Waals surface area contributed by atoms with Crippen molar-refractivity contribution in [2.24, 2.45) is 0 Å². The number of rotatable bonds is 6. The van der Waals surface area contributed by atoms with E-state index in [1.807, 2.05) is 44.2 Å². The summed E-state index contributed by atoms with van der Waals surface area (Å²) >= 11 is 0. The van der Waals surface area contributed by atoms with Crippen LogP contribution in [-0.2, 0) is 9.53 Å². The van der Waals surface area contributed by atoms with Crippen LogP contribution in [0.4, 0.5) is 5.82 Å². The lowest BCUT2D eigenvalue weighted by Gasteiger charge is -2.16. The molecule has 1 aromatic carbocycles. The zero-order valence-corrected chi connectivity index (χ0v) is 18.2. The van der Waals surface area contributed by atoms with E-state index in [9.17, 15) is 9.59 Å². The predicted octanol–water partition coefficient (Wildman–Crippen LogP) is 4.16. The Labute approximate surface area is 184 Å². The molecule has 9 nitrogen and oxygen atoms in total. The summed E-state index contributed by atoms with van der Waals surface area (Å²) in [4.78, 5) is 30.2. The van der Waals surface area contributed by atoms with E-state index in [1.165, 1.54) is 6.92 Å². The molecule has 0 aliphatic carbocycles.